The molecule has 0 atom stereocenters. The van der Waals surface area contributed by atoms with Crippen molar-refractivity contribution < 1.29 is 9.59 Å². The number of carbonyl (C=O) groups is 2. The van der Waals surface area contributed by atoms with E-state index in [0.717, 1.165) is 27.3 Å². The van der Waals surface area contributed by atoms with E-state index in [1.165, 1.54) is 0 Å². The lowest BCUT2D eigenvalue weighted by Gasteiger charge is -2.18. The molecule has 1 saturated heterocycles. The van der Waals surface area contributed by atoms with Crippen LogP contribution in [0.4, 0.5) is 5.69 Å². The monoisotopic (exact) mass is 392 g/mol. The van der Waals surface area contributed by atoms with Gasteiger partial charge in [-0.15, -0.1) is 11.3 Å². The van der Waals surface area contributed by atoms with Crippen molar-refractivity contribution >= 4 is 44.8 Å². The molecule has 0 radical (unpaired) electrons. The van der Waals surface area contributed by atoms with E-state index in [-0.39, 0.29) is 11.8 Å². The Bertz CT molecular complexity index is 726. The van der Waals surface area contributed by atoms with Gasteiger partial charge in [0.05, 0.1) is 10.3 Å². The number of amides is 2. The summed E-state index contributed by atoms with van der Waals surface area (Å²) >= 11 is 5.06. The van der Waals surface area contributed by atoms with Crippen molar-refractivity contribution in [2.45, 2.75) is 19.4 Å². The Kier molecular flexibility index (Phi) is 4.82. The number of rotatable bonds is 4. The number of hydrogen-bond donors (Lipinski definition) is 0. The number of halogens is 1. The Hall–Kier alpha value is -1.66. The molecule has 2 heterocycles. The highest BCUT2D eigenvalue weighted by Crippen LogP contribution is 2.24. The van der Waals surface area contributed by atoms with Crippen LogP contribution in [0, 0.1) is 0 Å². The second kappa shape index (κ2) is 6.84. The molecule has 1 aromatic carbocycles. The topological polar surface area (TPSA) is 40.6 Å². The highest BCUT2D eigenvalue weighted by atomic mass is 79.9. The van der Waals surface area contributed by atoms with Crippen LogP contribution in [0.25, 0.3) is 0 Å². The predicted octanol–water partition coefficient (Wildman–Crippen LogP) is 3.91. The van der Waals surface area contributed by atoms with E-state index in [1.54, 1.807) is 40.3 Å². The molecule has 1 aromatic heterocycles. The van der Waals surface area contributed by atoms with E-state index < -0.39 is 0 Å². The number of carbonyl (C=O) groups excluding carboxylic acids is 2. The summed E-state index contributed by atoms with van der Waals surface area (Å²) in [6, 6.07) is 11.3. The first kappa shape index (κ1) is 16.2. The lowest BCUT2D eigenvalue weighted by molar-refractivity contribution is -0.117. The third kappa shape index (κ3) is 3.64. The molecule has 0 unspecified atom stereocenters. The Morgan fingerprint density at radius 1 is 1.26 bits per heavy atom. The van der Waals surface area contributed by atoms with Crippen LogP contribution in [0.3, 0.4) is 0 Å². The van der Waals surface area contributed by atoms with E-state index in [1.807, 2.05) is 24.3 Å². The molecule has 23 heavy (non-hydrogen) atoms. The Balaban J connectivity index is 1.68. The van der Waals surface area contributed by atoms with E-state index in [0.29, 0.717) is 18.5 Å². The van der Waals surface area contributed by atoms with Gasteiger partial charge in [-0.2, -0.15) is 0 Å². The van der Waals surface area contributed by atoms with Crippen LogP contribution in [0.2, 0.25) is 0 Å². The van der Waals surface area contributed by atoms with Crippen molar-refractivity contribution in [2.75, 3.05) is 18.5 Å². The van der Waals surface area contributed by atoms with Gasteiger partial charge in [0.25, 0.3) is 5.91 Å². The predicted molar refractivity (Wildman–Crippen MR) is 95.8 cm³/mol. The SMILES string of the molecule is CN(Cc1ccc(Br)s1)C(=O)c1ccc(N2CCCC2=O)cc1. The van der Waals surface area contributed by atoms with Crippen LogP contribution < -0.4 is 4.90 Å². The van der Waals surface area contributed by atoms with Gasteiger partial charge in [-0.3, -0.25) is 9.59 Å². The summed E-state index contributed by atoms with van der Waals surface area (Å²) in [4.78, 5) is 28.9. The lowest BCUT2D eigenvalue weighted by atomic mass is 10.1. The molecule has 0 spiro atoms. The third-order valence-electron chi connectivity index (χ3n) is 3.87. The maximum absolute atomic E-state index is 12.5. The maximum Gasteiger partial charge on any atom is 0.253 e. The Morgan fingerprint density at radius 2 is 2.00 bits per heavy atom. The minimum atomic E-state index is -0.0196. The molecule has 0 bridgehead atoms. The zero-order valence-electron chi connectivity index (χ0n) is 12.8. The van der Waals surface area contributed by atoms with Gasteiger partial charge in [-0.1, -0.05) is 0 Å². The number of benzene rings is 1. The number of anilines is 1. The van der Waals surface area contributed by atoms with Crippen LogP contribution in [0.1, 0.15) is 28.1 Å². The molecule has 0 saturated carbocycles. The van der Waals surface area contributed by atoms with E-state index in [2.05, 4.69) is 15.9 Å². The van der Waals surface area contributed by atoms with Crippen molar-refractivity contribution in [3.05, 3.63) is 50.6 Å². The second-order valence-corrected chi connectivity index (χ2v) is 8.11. The van der Waals surface area contributed by atoms with Gasteiger partial charge in [0.1, 0.15) is 0 Å². The van der Waals surface area contributed by atoms with Crippen molar-refractivity contribution in [1.29, 1.82) is 0 Å². The standard InChI is InChI=1S/C17H17BrN2O2S/c1-19(11-14-8-9-15(18)23-14)17(22)12-4-6-13(7-5-12)20-10-2-3-16(20)21/h4-9H,2-3,10-11H2,1H3. The van der Waals surface area contributed by atoms with E-state index in [9.17, 15) is 9.59 Å². The summed E-state index contributed by atoms with van der Waals surface area (Å²) in [6.07, 6.45) is 1.51. The lowest BCUT2D eigenvalue weighted by Crippen LogP contribution is -2.26. The van der Waals surface area contributed by atoms with Crippen LogP contribution >= 0.6 is 27.3 Å². The zero-order chi connectivity index (χ0) is 16.4. The number of nitrogens with zero attached hydrogens (tertiary/aromatic N) is 2. The summed E-state index contributed by atoms with van der Waals surface area (Å²) in [7, 11) is 1.80. The smallest absolute Gasteiger partial charge is 0.253 e. The second-order valence-electron chi connectivity index (χ2n) is 5.56. The Morgan fingerprint density at radius 3 is 2.57 bits per heavy atom. The molecular formula is C17H17BrN2O2S. The van der Waals surface area contributed by atoms with Crippen molar-refractivity contribution in [3.8, 4) is 0 Å². The molecule has 3 rings (SSSR count). The fourth-order valence-electron chi connectivity index (χ4n) is 2.67. The minimum Gasteiger partial charge on any atom is -0.337 e. The normalized spacial score (nSPS) is 14.3. The molecule has 6 heteroatoms. The first-order valence-electron chi connectivity index (χ1n) is 7.45. The van der Waals surface area contributed by atoms with Gasteiger partial charge in [0.2, 0.25) is 5.91 Å². The molecule has 2 amide bonds. The van der Waals surface area contributed by atoms with Crippen LogP contribution in [0.15, 0.2) is 40.2 Å². The summed E-state index contributed by atoms with van der Waals surface area (Å²) in [5.41, 5.74) is 1.51. The van der Waals surface area contributed by atoms with E-state index >= 15 is 0 Å². The molecule has 120 valence electrons. The first-order valence-corrected chi connectivity index (χ1v) is 9.05. The molecule has 0 N–H and O–H groups in total. The van der Waals surface area contributed by atoms with Gasteiger partial charge in [0, 0.05) is 36.1 Å². The average molecular weight is 393 g/mol. The quantitative estimate of drug-likeness (QED) is 0.791. The molecular weight excluding hydrogens is 376 g/mol. The molecule has 0 aliphatic carbocycles. The van der Waals surface area contributed by atoms with Crippen LogP contribution in [-0.4, -0.2) is 30.3 Å². The van der Waals surface area contributed by atoms with E-state index in [4.69, 9.17) is 0 Å². The van der Waals surface area contributed by atoms with Gasteiger partial charge >= 0.3 is 0 Å². The molecule has 4 nitrogen and oxygen atoms in total. The summed E-state index contributed by atoms with van der Waals surface area (Å²) in [6.45, 7) is 1.35. The average Bonchev–Trinajstić information content (AvgIpc) is 3.15. The van der Waals surface area contributed by atoms with Gasteiger partial charge < -0.3 is 9.80 Å². The van der Waals surface area contributed by atoms with Crippen LogP contribution in [0.5, 0.6) is 0 Å². The summed E-state index contributed by atoms with van der Waals surface area (Å²) < 4.78 is 1.06. The van der Waals surface area contributed by atoms with Crippen LogP contribution in [-0.2, 0) is 11.3 Å². The highest BCUT2D eigenvalue weighted by Gasteiger charge is 2.22. The van der Waals surface area contributed by atoms with Gasteiger partial charge in [0.15, 0.2) is 0 Å². The van der Waals surface area contributed by atoms with Gasteiger partial charge in [-0.05, 0) is 58.7 Å². The molecule has 2 aromatic rings. The summed E-state index contributed by atoms with van der Waals surface area (Å²) in [5, 5.41) is 0. The largest absolute Gasteiger partial charge is 0.337 e. The fourth-order valence-corrected chi connectivity index (χ4v) is 4.20. The van der Waals surface area contributed by atoms with Gasteiger partial charge in [-0.25, -0.2) is 0 Å². The molecule has 1 aliphatic rings. The van der Waals surface area contributed by atoms with Crippen molar-refractivity contribution in [3.63, 3.8) is 0 Å². The molecule has 1 fully saturated rings. The number of hydrogen-bond acceptors (Lipinski definition) is 3. The Labute approximate surface area is 147 Å². The highest BCUT2D eigenvalue weighted by molar-refractivity contribution is 9.11. The fraction of sp³-hybridized carbons (Fsp3) is 0.294. The molecule has 1 aliphatic heterocycles. The number of thiophene rings is 1. The minimum absolute atomic E-state index is 0.0196. The first-order chi connectivity index (χ1) is 11.0. The van der Waals surface area contributed by atoms with Crippen molar-refractivity contribution in [1.82, 2.24) is 4.90 Å². The maximum atomic E-state index is 12.5. The van der Waals surface area contributed by atoms with Crippen molar-refractivity contribution in [2.24, 2.45) is 0 Å². The third-order valence-corrected chi connectivity index (χ3v) is 5.48. The zero-order valence-corrected chi connectivity index (χ0v) is 15.2. The summed E-state index contributed by atoms with van der Waals surface area (Å²) in [5.74, 6) is 0.137.